The molecule has 0 aliphatic heterocycles. The SMILES string of the molecule is COc1cc(Br)cc(NCC#N)c1. The van der Waals surface area contributed by atoms with Crippen LogP contribution in [0.1, 0.15) is 0 Å². The van der Waals surface area contributed by atoms with E-state index in [0.717, 1.165) is 15.9 Å². The molecule has 0 bridgehead atoms. The van der Waals surface area contributed by atoms with Gasteiger partial charge in [-0.1, -0.05) is 15.9 Å². The number of halogens is 1. The molecule has 3 nitrogen and oxygen atoms in total. The largest absolute Gasteiger partial charge is 0.497 e. The first-order valence-corrected chi connectivity index (χ1v) is 4.51. The first-order valence-electron chi connectivity index (χ1n) is 3.71. The molecule has 0 aliphatic carbocycles. The molecule has 0 radical (unpaired) electrons. The zero-order chi connectivity index (χ0) is 9.68. The highest BCUT2D eigenvalue weighted by molar-refractivity contribution is 9.10. The van der Waals surface area contributed by atoms with Gasteiger partial charge in [-0.2, -0.15) is 5.26 Å². The number of ether oxygens (including phenoxy) is 1. The zero-order valence-electron chi connectivity index (χ0n) is 7.17. The van der Waals surface area contributed by atoms with E-state index in [1.165, 1.54) is 0 Å². The predicted molar refractivity (Wildman–Crippen MR) is 54.8 cm³/mol. The Kier molecular flexibility index (Phi) is 3.59. The summed E-state index contributed by atoms with van der Waals surface area (Å²) >= 11 is 3.34. The maximum Gasteiger partial charge on any atom is 0.122 e. The van der Waals surface area contributed by atoms with Crippen LogP contribution >= 0.6 is 15.9 Å². The van der Waals surface area contributed by atoms with Crippen molar-refractivity contribution in [2.75, 3.05) is 19.0 Å². The molecule has 1 rings (SSSR count). The van der Waals surface area contributed by atoms with Crippen LogP contribution in [0.25, 0.3) is 0 Å². The third kappa shape index (κ3) is 2.96. The second-order valence-corrected chi connectivity index (χ2v) is 3.31. The molecule has 4 heteroatoms. The number of hydrogen-bond acceptors (Lipinski definition) is 3. The van der Waals surface area contributed by atoms with Gasteiger partial charge >= 0.3 is 0 Å². The third-order valence-corrected chi connectivity index (χ3v) is 1.94. The second-order valence-electron chi connectivity index (χ2n) is 2.39. The number of methoxy groups -OCH3 is 1. The van der Waals surface area contributed by atoms with Crippen LogP contribution in [-0.2, 0) is 0 Å². The molecule has 1 N–H and O–H groups in total. The third-order valence-electron chi connectivity index (χ3n) is 1.48. The smallest absolute Gasteiger partial charge is 0.122 e. The second kappa shape index (κ2) is 4.73. The van der Waals surface area contributed by atoms with Crippen molar-refractivity contribution >= 4 is 21.6 Å². The highest BCUT2D eigenvalue weighted by Gasteiger charge is 1.97. The van der Waals surface area contributed by atoms with E-state index in [4.69, 9.17) is 10.00 Å². The van der Waals surface area contributed by atoms with Crippen LogP contribution in [0.4, 0.5) is 5.69 Å². The van der Waals surface area contributed by atoms with Crippen molar-refractivity contribution in [1.29, 1.82) is 5.26 Å². The number of anilines is 1. The van der Waals surface area contributed by atoms with Crippen LogP contribution in [0.15, 0.2) is 22.7 Å². The Morgan fingerprint density at radius 1 is 1.54 bits per heavy atom. The van der Waals surface area contributed by atoms with Gasteiger partial charge in [-0.25, -0.2) is 0 Å². The summed E-state index contributed by atoms with van der Waals surface area (Å²) in [4.78, 5) is 0. The molecule has 0 unspecified atom stereocenters. The first kappa shape index (κ1) is 9.87. The molecule has 0 saturated heterocycles. The van der Waals surface area contributed by atoms with E-state index < -0.39 is 0 Å². The Morgan fingerprint density at radius 2 is 2.31 bits per heavy atom. The highest BCUT2D eigenvalue weighted by atomic mass is 79.9. The minimum absolute atomic E-state index is 0.291. The monoisotopic (exact) mass is 240 g/mol. The fraction of sp³-hybridized carbons (Fsp3) is 0.222. The van der Waals surface area contributed by atoms with E-state index in [0.29, 0.717) is 6.54 Å². The Morgan fingerprint density at radius 3 is 2.92 bits per heavy atom. The lowest BCUT2D eigenvalue weighted by atomic mass is 10.3. The zero-order valence-corrected chi connectivity index (χ0v) is 8.76. The quantitative estimate of drug-likeness (QED) is 0.826. The number of nitrogens with one attached hydrogen (secondary N) is 1. The highest BCUT2D eigenvalue weighted by Crippen LogP contribution is 2.24. The van der Waals surface area contributed by atoms with E-state index >= 15 is 0 Å². The average Bonchev–Trinajstić information content (AvgIpc) is 2.14. The van der Waals surface area contributed by atoms with Crippen molar-refractivity contribution in [1.82, 2.24) is 0 Å². The van der Waals surface area contributed by atoms with Crippen molar-refractivity contribution in [2.45, 2.75) is 0 Å². The molecule has 0 spiro atoms. The summed E-state index contributed by atoms with van der Waals surface area (Å²) < 4.78 is 5.99. The van der Waals surface area contributed by atoms with E-state index in [1.807, 2.05) is 24.3 Å². The summed E-state index contributed by atoms with van der Waals surface area (Å²) in [5, 5.41) is 11.3. The lowest BCUT2D eigenvalue weighted by molar-refractivity contribution is 0.414. The van der Waals surface area contributed by atoms with Gasteiger partial charge in [0.25, 0.3) is 0 Å². The first-order chi connectivity index (χ1) is 6.26. The molecule has 0 heterocycles. The van der Waals surface area contributed by atoms with E-state index in [1.54, 1.807) is 7.11 Å². The van der Waals surface area contributed by atoms with E-state index in [9.17, 15) is 0 Å². The molecule has 13 heavy (non-hydrogen) atoms. The normalized spacial score (nSPS) is 9.00. The molecular weight excluding hydrogens is 232 g/mol. The van der Waals surface area contributed by atoms with Crippen LogP contribution in [0.2, 0.25) is 0 Å². The van der Waals surface area contributed by atoms with Gasteiger partial charge in [-0.05, 0) is 12.1 Å². The predicted octanol–water partition coefficient (Wildman–Crippen LogP) is 2.39. The lowest BCUT2D eigenvalue weighted by Crippen LogP contribution is -1.98. The van der Waals surface area contributed by atoms with Crippen LogP contribution in [0.5, 0.6) is 5.75 Å². The fourth-order valence-electron chi connectivity index (χ4n) is 0.924. The summed E-state index contributed by atoms with van der Waals surface area (Å²) in [6.07, 6.45) is 0. The molecule has 0 amide bonds. The van der Waals surface area contributed by atoms with Crippen LogP contribution in [-0.4, -0.2) is 13.7 Å². The number of nitrogens with zero attached hydrogens (tertiary/aromatic N) is 1. The number of nitriles is 1. The minimum atomic E-state index is 0.291. The van der Waals surface area contributed by atoms with Crippen LogP contribution in [0.3, 0.4) is 0 Å². The Balaban J connectivity index is 2.83. The van der Waals surface area contributed by atoms with Gasteiger partial charge in [-0.3, -0.25) is 0 Å². The molecule has 0 aliphatic rings. The van der Waals surface area contributed by atoms with Gasteiger partial charge in [-0.15, -0.1) is 0 Å². The van der Waals surface area contributed by atoms with Gasteiger partial charge in [0.1, 0.15) is 12.3 Å². The standard InChI is InChI=1S/C9H9BrN2O/c1-13-9-5-7(10)4-8(6-9)12-3-2-11/h4-6,12H,3H2,1H3. The molecule has 0 atom stereocenters. The molecular formula is C9H9BrN2O. The van der Waals surface area contributed by atoms with E-state index in [-0.39, 0.29) is 0 Å². The summed E-state index contributed by atoms with van der Waals surface area (Å²) in [5.41, 5.74) is 0.868. The van der Waals surface area contributed by atoms with Crippen molar-refractivity contribution in [3.05, 3.63) is 22.7 Å². The van der Waals surface area contributed by atoms with Crippen molar-refractivity contribution < 1.29 is 4.74 Å². The maximum absolute atomic E-state index is 8.37. The van der Waals surface area contributed by atoms with Crippen molar-refractivity contribution in [2.24, 2.45) is 0 Å². The Labute approximate surface area is 85.4 Å². The van der Waals surface area contributed by atoms with Crippen LogP contribution < -0.4 is 10.1 Å². The number of hydrogen-bond donors (Lipinski definition) is 1. The number of benzene rings is 1. The topological polar surface area (TPSA) is 45.0 Å². The van der Waals surface area contributed by atoms with Gasteiger partial charge < -0.3 is 10.1 Å². The molecule has 0 fully saturated rings. The lowest BCUT2D eigenvalue weighted by Gasteiger charge is -2.05. The summed E-state index contributed by atoms with van der Waals surface area (Å²) in [6, 6.07) is 7.59. The average molecular weight is 241 g/mol. The Hall–Kier alpha value is -1.21. The van der Waals surface area contributed by atoms with Gasteiger partial charge in [0.2, 0.25) is 0 Å². The molecule has 0 aromatic heterocycles. The van der Waals surface area contributed by atoms with Gasteiger partial charge in [0, 0.05) is 16.2 Å². The summed E-state index contributed by atoms with van der Waals surface area (Å²) in [6.45, 7) is 0.291. The molecule has 0 saturated carbocycles. The Bertz CT molecular complexity index is 333. The molecule has 1 aromatic rings. The van der Waals surface area contributed by atoms with E-state index in [2.05, 4.69) is 21.2 Å². The summed E-state index contributed by atoms with van der Waals surface area (Å²) in [5.74, 6) is 0.759. The van der Waals surface area contributed by atoms with Gasteiger partial charge in [0.15, 0.2) is 0 Å². The minimum Gasteiger partial charge on any atom is -0.497 e. The number of rotatable bonds is 3. The summed E-state index contributed by atoms with van der Waals surface area (Å²) in [7, 11) is 1.61. The molecule has 1 aromatic carbocycles. The fourth-order valence-corrected chi connectivity index (χ4v) is 1.40. The molecule has 68 valence electrons. The van der Waals surface area contributed by atoms with Crippen LogP contribution in [0, 0.1) is 11.3 Å². The van der Waals surface area contributed by atoms with Gasteiger partial charge in [0.05, 0.1) is 13.2 Å². The maximum atomic E-state index is 8.37. The van der Waals surface area contributed by atoms with Crippen molar-refractivity contribution in [3.63, 3.8) is 0 Å². The van der Waals surface area contributed by atoms with Crippen molar-refractivity contribution in [3.8, 4) is 11.8 Å².